The molecule has 1 aromatic carbocycles. The second-order valence-corrected chi connectivity index (χ2v) is 5.35. The SMILES string of the molecule is CCc1ccc(C(C)NC(CCO)C(C)C)cc1. The topological polar surface area (TPSA) is 32.3 Å². The van der Waals surface area contributed by atoms with E-state index in [0.29, 0.717) is 18.0 Å². The van der Waals surface area contributed by atoms with Gasteiger partial charge in [0.15, 0.2) is 0 Å². The Morgan fingerprint density at radius 1 is 1.11 bits per heavy atom. The normalized spacial score (nSPS) is 14.8. The highest BCUT2D eigenvalue weighted by molar-refractivity contribution is 5.24. The van der Waals surface area contributed by atoms with Gasteiger partial charge >= 0.3 is 0 Å². The Balaban J connectivity index is 2.64. The minimum atomic E-state index is 0.247. The molecular weight excluding hydrogens is 222 g/mol. The number of rotatable bonds is 7. The molecule has 1 rings (SSSR count). The number of aryl methyl sites for hydroxylation is 1. The lowest BCUT2D eigenvalue weighted by molar-refractivity contribution is 0.237. The first kappa shape index (κ1) is 15.2. The van der Waals surface area contributed by atoms with Gasteiger partial charge in [0, 0.05) is 18.7 Å². The fourth-order valence-electron chi connectivity index (χ4n) is 2.21. The van der Waals surface area contributed by atoms with E-state index < -0.39 is 0 Å². The van der Waals surface area contributed by atoms with Crippen molar-refractivity contribution in [2.75, 3.05) is 6.61 Å². The highest BCUT2D eigenvalue weighted by Crippen LogP contribution is 2.17. The molecule has 18 heavy (non-hydrogen) atoms. The average molecular weight is 249 g/mol. The highest BCUT2D eigenvalue weighted by atomic mass is 16.3. The Labute approximate surface area is 111 Å². The van der Waals surface area contributed by atoms with Crippen LogP contribution < -0.4 is 5.32 Å². The maximum Gasteiger partial charge on any atom is 0.0445 e. The van der Waals surface area contributed by atoms with E-state index in [2.05, 4.69) is 57.3 Å². The zero-order chi connectivity index (χ0) is 13.5. The van der Waals surface area contributed by atoms with Crippen molar-refractivity contribution in [2.24, 2.45) is 5.92 Å². The molecule has 1 aromatic rings. The molecule has 0 bridgehead atoms. The number of aliphatic hydroxyl groups is 1. The lowest BCUT2D eigenvalue weighted by Gasteiger charge is -2.26. The van der Waals surface area contributed by atoms with Crippen LogP contribution in [0.5, 0.6) is 0 Å². The van der Waals surface area contributed by atoms with Crippen LogP contribution in [0, 0.1) is 5.92 Å². The molecule has 0 fully saturated rings. The molecule has 2 unspecified atom stereocenters. The maximum absolute atomic E-state index is 9.10. The summed E-state index contributed by atoms with van der Waals surface area (Å²) < 4.78 is 0. The van der Waals surface area contributed by atoms with Gasteiger partial charge in [-0.3, -0.25) is 0 Å². The van der Waals surface area contributed by atoms with Crippen LogP contribution in [-0.4, -0.2) is 17.8 Å². The van der Waals surface area contributed by atoms with E-state index in [-0.39, 0.29) is 6.61 Å². The number of hydrogen-bond donors (Lipinski definition) is 2. The lowest BCUT2D eigenvalue weighted by Crippen LogP contribution is -2.36. The van der Waals surface area contributed by atoms with Gasteiger partial charge in [0.25, 0.3) is 0 Å². The predicted molar refractivity (Wildman–Crippen MR) is 77.7 cm³/mol. The molecule has 2 N–H and O–H groups in total. The van der Waals surface area contributed by atoms with Gasteiger partial charge in [-0.25, -0.2) is 0 Å². The van der Waals surface area contributed by atoms with Crippen molar-refractivity contribution in [1.29, 1.82) is 0 Å². The molecular formula is C16H27NO. The second-order valence-electron chi connectivity index (χ2n) is 5.35. The van der Waals surface area contributed by atoms with Crippen LogP contribution in [0.15, 0.2) is 24.3 Å². The third kappa shape index (κ3) is 4.43. The Morgan fingerprint density at radius 3 is 2.17 bits per heavy atom. The maximum atomic E-state index is 9.10. The van der Waals surface area contributed by atoms with E-state index in [4.69, 9.17) is 5.11 Å². The van der Waals surface area contributed by atoms with Crippen LogP contribution in [0.2, 0.25) is 0 Å². The largest absolute Gasteiger partial charge is 0.396 e. The van der Waals surface area contributed by atoms with E-state index in [0.717, 1.165) is 12.8 Å². The van der Waals surface area contributed by atoms with Gasteiger partial charge in [-0.1, -0.05) is 45.0 Å². The van der Waals surface area contributed by atoms with E-state index in [9.17, 15) is 0 Å². The fraction of sp³-hybridized carbons (Fsp3) is 0.625. The fourth-order valence-corrected chi connectivity index (χ4v) is 2.21. The first-order valence-corrected chi connectivity index (χ1v) is 7.04. The minimum absolute atomic E-state index is 0.247. The zero-order valence-corrected chi connectivity index (χ0v) is 12.1. The number of nitrogens with one attached hydrogen (secondary N) is 1. The summed E-state index contributed by atoms with van der Waals surface area (Å²) in [4.78, 5) is 0. The summed E-state index contributed by atoms with van der Waals surface area (Å²) in [7, 11) is 0. The standard InChI is InChI=1S/C16H27NO/c1-5-14-6-8-15(9-7-14)13(4)17-16(10-11-18)12(2)3/h6-9,12-13,16-18H,5,10-11H2,1-4H3. The molecule has 102 valence electrons. The van der Waals surface area contributed by atoms with Crippen LogP contribution >= 0.6 is 0 Å². The summed E-state index contributed by atoms with van der Waals surface area (Å²) in [6.07, 6.45) is 1.90. The van der Waals surface area contributed by atoms with Crippen LogP contribution in [0.25, 0.3) is 0 Å². The third-order valence-electron chi connectivity index (χ3n) is 3.60. The van der Waals surface area contributed by atoms with Gasteiger partial charge in [-0.05, 0) is 36.8 Å². The van der Waals surface area contributed by atoms with Crippen LogP contribution in [0.4, 0.5) is 0 Å². The van der Waals surface area contributed by atoms with E-state index in [1.54, 1.807) is 0 Å². The molecule has 0 amide bonds. The summed E-state index contributed by atoms with van der Waals surface area (Å²) >= 11 is 0. The smallest absolute Gasteiger partial charge is 0.0445 e. The van der Waals surface area contributed by atoms with Crippen molar-refractivity contribution in [3.63, 3.8) is 0 Å². The van der Waals surface area contributed by atoms with Crippen molar-refractivity contribution in [2.45, 2.75) is 52.6 Å². The average Bonchev–Trinajstić information content (AvgIpc) is 2.38. The first-order chi connectivity index (χ1) is 8.58. The molecule has 2 heteroatoms. The van der Waals surface area contributed by atoms with Crippen LogP contribution in [0.3, 0.4) is 0 Å². The van der Waals surface area contributed by atoms with Crippen molar-refractivity contribution < 1.29 is 5.11 Å². The van der Waals surface area contributed by atoms with Gasteiger partial charge in [0.2, 0.25) is 0 Å². The Bertz CT molecular complexity index is 331. The van der Waals surface area contributed by atoms with Crippen molar-refractivity contribution >= 4 is 0 Å². The van der Waals surface area contributed by atoms with Gasteiger partial charge in [0.1, 0.15) is 0 Å². The molecule has 2 nitrogen and oxygen atoms in total. The minimum Gasteiger partial charge on any atom is -0.396 e. The summed E-state index contributed by atoms with van der Waals surface area (Å²) in [6, 6.07) is 9.50. The summed E-state index contributed by atoms with van der Waals surface area (Å²) in [6.45, 7) is 9.00. The number of hydrogen-bond acceptors (Lipinski definition) is 2. The number of benzene rings is 1. The zero-order valence-electron chi connectivity index (χ0n) is 12.1. The summed E-state index contributed by atoms with van der Waals surface area (Å²) in [5, 5.41) is 12.7. The first-order valence-electron chi connectivity index (χ1n) is 7.04. The van der Waals surface area contributed by atoms with E-state index >= 15 is 0 Å². The monoisotopic (exact) mass is 249 g/mol. The van der Waals surface area contributed by atoms with Gasteiger partial charge in [-0.2, -0.15) is 0 Å². The molecule has 2 atom stereocenters. The third-order valence-corrected chi connectivity index (χ3v) is 3.60. The predicted octanol–water partition coefficient (Wildman–Crippen LogP) is 3.31. The van der Waals surface area contributed by atoms with Gasteiger partial charge in [-0.15, -0.1) is 0 Å². The van der Waals surface area contributed by atoms with Gasteiger partial charge < -0.3 is 10.4 Å². The molecule has 0 radical (unpaired) electrons. The molecule has 0 aliphatic heterocycles. The Kier molecular flexibility index (Phi) is 6.37. The summed E-state index contributed by atoms with van der Waals surface area (Å²) in [5.41, 5.74) is 2.69. The highest BCUT2D eigenvalue weighted by Gasteiger charge is 2.16. The van der Waals surface area contributed by atoms with E-state index in [1.165, 1.54) is 11.1 Å². The van der Waals surface area contributed by atoms with Crippen LogP contribution in [-0.2, 0) is 6.42 Å². The molecule has 0 saturated heterocycles. The molecule has 0 aromatic heterocycles. The molecule has 0 saturated carbocycles. The molecule has 0 aliphatic carbocycles. The second kappa shape index (κ2) is 7.55. The molecule has 0 aliphatic rings. The van der Waals surface area contributed by atoms with Crippen molar-refractivity contribution in [1.82, 2.24) is 5.32 Å². The van der Waals surface area contributed by atoms with Crippen molar-refractivity contribution in [3.05, 3.63) is 35.4 Å². The van der Waals surface area contributed by atoms with Crippen LogP contribution in [0.1, 0.15) is 51.3 Å². The molecule has 0 spiro atoms. The number of aliphatic hydroxyl groups excluding tert-OH is 1. The molecule has 0 heterocycles. The Morgan fingerprint density at radius 2 is 1.72 bits per heavy atom. The van der Waals surface area contributed by atoms with Crippen molar-refractivity contribution in [3.8, 4) is 0 Å². The lowest BCUT2D eigenvalue weighted by atomic mass is 9.98. The Hall–Kier alpha value is -0.860. The van der Waals surface area contributed by atoms with E-state index in [1.807, 2.05) is 0 Å². The quantitative estimate of drug-likeness (QED) is 0.777. The van der Waals surface area contributed by atoms with Gasteiger partial charge in [0.05, 0.1) is 0 Å². The summed E-state index contributed by atoms with van der Waals surface area (Å²) in [5.74, 6) is 0.537.